The molecule has 0 bridgehead atoms. The van der Waals surface area contributed by atoms with Crippen molar-refractivity contribution in [2.45, 2.75) is 33.7 Å². The van der Waals surface area contributed by atoms with Crippen molar-refractivity contribution in [2.75, 3.05) is 26.8 Å². The lowest BCUT2D eigenvalue weighted by Crippen LogP contribution is -2.45. The molecule has 0 radical (unpaired) electrons. The van der Waals surface area contributed by atoms with Crippen molar-refractivity contribution in [3.63, 3.8) is 0 Å². The van der Waals surface area contributed by atoms with E-state index in [1.807, 2.05) is 0 Å². The number of carbonyl (C=O) groups is 1. The highest BCUT2D eigenvalue weighted by Gasteiger charge is 2.24. The second-order valence-corrected chi connectivity index (χ2v) is 4.59. The van der Waals surface area contributed by atoms with E-state index in [0.29, 0.717) is 19.1 Å². The Morgan fingerprint density at radius 2 is 1.94 bits per heavy atom. The Bertz CT molecular complexity index is 206. The van der Waals surface area contributed by atoms with Crippen LogP contribution in [0.15, 0.2) is 0 Å². The number of ether oxygens (including phenoxy) is 1. The van der Waals surface area contributed by atoms with E-state index >= 15 is 0 Å². The summed E-state index contributed by atoms with van der Waals surface area (Å²) in [7, 11) is 1.68. The zero-order chi connectivity index (χ0) is 12.7. The van der Waals surface area contributed by atoms with Crippen molar-refractivity contribution in [3.05, 3.63) is 0 Å². The number of carboxylic acid groups (broad SMARTS) is 1. The van der Waals surface area contributed by atoms with Crippen LogP contribution in [0.4, 0.5) is 0 Å². The zero-order valence-corrected chi connectivity index (χ0v) is 11.1. The fourth-order valence-electron chi connectivity index (χ4n) is 1.82. The Balaban J connectivity index is 4.47. The highest BCUT2D eigenvalue weighted by molar-refractivity contribution is 5.69. The fraction of sp³-hybridized carbons (Fsp3) is 0.917. The fourth-order valence-corrected chi connectivity index (χ4v) is 1.82. The highest BCUT2D eigenvalue weighted by atomic mass is 16.5. The van der Waals surface area contributed by atoms with Gasteiger partial charge in [-0.3, -0.25) is 9.69 Å². The summed E-state index contributed by atoms with van der Waals surface area (Å²) in [6, 6.07) is 0.289. The number of carboxylic acids is 1. The van der Waals surface area contributed by atoms with E-state index in [0.717, 1.165) is 6.54 Å². The van der Waals surface area contributed by atoms with Crippen molar-refractivity contribution in [2.24, 2.45) is 11.8 Å². The van der Waals surface area contributed by atoms with E-state index in [9.17, 15) is 4.79 Å². The molecule has 0 saturated heterocycles. The third-order valence-electron chi connectivity index (χ3n) is 2.91. The maximum absolute atomic E-state index is 10.8. The molecule has 0 saturated carbocycles. The number of nitrogens with zero attached hydrogens (tertiary/aromatic N) is 1. The topological polar surface area (TPSA) is 49.8 Å². The molecule has 0 aromatic heterocycles. The van der Waals surface area contributed by atoms with Crippen LogP contribution in [0, 0.1) is 11.8 Å². The number of hydrogen-bond acceptors (Lipinski definition) is 3. The normalized spacial score (nSPS) is 15.4. The molecule has 0 aromatic carbocycles. The van der Waals surface area contributed by atoms with Crippen LogP contribution in [-0.2, 0) is 9.53 Å². The van der Waals surface area contributed by atoms with Gasteiger partial charge in [0.1, 0.15) is 0 Å². The lowest BCUT2D eigenvalue weighted by molar-refractivity contribution is -0.142. The van der Waals surface area contributed by atoms with Gasteiger partial charge >= 0.3 is 5.97 Å². The van der Waals surface area contributed by atoms with Gasteiger partial charge in [0, 0.05) is 19.7 Å². The van der Waals surface area contributed by atoms with Crippen LogP contribution >= 0.6 is 0 Å². The average Bonchev–Trinajstić information content (AvgIpc) is 2.22. The Kier molecular flexibility index (Phi) is 7.34. The molecule has 0 aliphatic carbocycles. The lowest BCUT2D eigenvalue weighted by atomic mass is 10.0. The number of hydrogen-bond donors (Lipinski definition) is 1. The molecule has 1 N–H and O–H groups in total. The minimum Gasteiger partial charge on any atom is -0.481 e. The number of methoxy groups -OCH3 is 1. The molecule has 0 heterocycles. The first kappa shape index (κ1) is 15.4. The second kappa shape index (κ2) is 7.63. The van der Waals surface area contributed by atoms with Crippen molar-refractivity contribution >= 4 is 5.97 Å². The standard InChI is InChI=1S/C12H25NO3/c1-6-13(7-10(4)12(14)15)11(8-16-5)9(2)3/h9-11H,6-8H2,1-5H3,(H,14,15). The molecule has 16 heavy (non-hydrogen) atoms. The molecule has 0 fully saturated rings. The van der Waals surface area contributed by atoms with E-state index in [4.69, 9.17) is 9.84 Å². The molecule has 0 aliphatic rings. The van der Waals surface area contributed by atoms with Gasteiger partial charge in [-0.1, -0.05) is 27.7 Å². The molecule has 2 atom stereocenters. The van der Waals surface area contributed by atoms with Crippen LogP contribution < -0.4 is 0 Å². The minimum atomic E-state index is -0.738. The molecule has 4 nitrogen and oxygen atoms in total. The molecule has 4 heteroatoms. The van der Waals surface area contributed by atoms with Crippen LogP contribution in [-0.4, -0.2) is 48.8 Å². The first-order chi connectivity index (χ1) is 7.43. The van der Waals surface area contributed by atoms with Gasteiger partial charge in [-0.05, 0) is 12.5 Å². The van der Waals surface area contributed by atoms with Gasteiger partial charge in [0.2, 0.25) is 0 Å². The maximum Gasteiger partial charge on any atom is 0.307 e. The van der Waals surface area contributed by atoms with Crippen LogP contribution in [0.3, 0.4) is 0 Å². The third-order valence-corrected chi connectivity index (χ3v) is 2.91. The summed E-state index contributed by atoms with van der Waals surface area (Å²) in [5, 5.41) is 8.92. The quantitative estimate of drug-likeness (QED) is 0.691. The van der Waals surface area contributed by atoms with Gasteiger partial charge < -0.3 is 9.84 Å². The van der Waals surface area contributed by atoms with Crippen molar-refractivity contribution < 1.29 is 14.6 Å². The molecular weight excluding hydrogens is 206 g/mol. The van der Waals surface area contributed by atoms with E-state index in [1.165, 1.54) is 0 Å². The Labute approximate surface area is 98.6 Å². The molecule has 2 unspecified atom stereocenters. The molecule has 0 amide bonds. The minimum absolute atomic E-state index is 0.289. The lowest BCUT2D eigenvalue weighted by Gasteiger charge is -2.34. The Morgan fingerprint density at radius 3 is 2.25 bits per heavy atom. The summed E-state index contributed by atoms with van der Waals surface area (Å²) in [5.41, 5.74) is 0. The highest BCUT2D eigenvalue weighted by Crippen LogP contribution is 2.13. The van der Waals surface area contributed by atoms with Crippen LogP contribution in [0.1, 0.15) is 27.7 Å². The van der Waals surface area contributed by atoms with Gasteiger partial charge in [0.15, 0.2) is 0 Å². The van der Waals surface area contributed by atoms with E-state index in [-0.39, 0.29) is 12.0 Å². The van der Waals surface area contributed by atoms with E-state index in [2.05, 4.69) is 25.7 Å². The third kappa shape index (κ3) is 4.94. The smallest absolute Gasteiger partial charge is 0.307 e. The summed E-state index contributed by atoms with van der Waals surface area (Å²) < 4.78 is 5.20. The van der Waals surface area contributed by atoms with Crippen LogP contribution in [0.5, 0.6) is 0 Å². The average molecular weight is 231 g/mol. The summed E-state index contributed by atoms with van der Waals surface area (Å²) in [6.45, 7) is 10.2. The largest absolute Gasteiger partial charge is 0.481 e. The molecular formula is C12H25NO3. The van der Waals surface area contributed by atoms with E-state index in [1.54, 1.807) is 14.0 Å². The molecule has 0 spiro atoms. The van der Waals surface area contributed by atoms with Crippen molar-refractivity contribution in [1.82, 2.24) is 4.90 Å². The summed E-state index contributed by atoms with van der Waals surface area (Å²) in [4.78, 5) is 13.0. The Hall–Kier alpha value is -0.610. The molecule has 96 valence electrons. The summed E-state index contributed by atoms with van der Waals surface area (Å²) in [5.74, 6) is -0.614. The van der Waals surface area contributed by atoms with Gasteiger partial charge in [-0.15, -0.1) is 0 Å². The molecule has 0 aliphatic heterocycles. The summed E-state index contributed by atoms with van der Waals surface area (Å²) in [6.07, 6.45) is 0. The van der Waals surface area contributed by atoms with Crippen LogP contribution in [0.25, 0.3) is 0 Å². The monoisotopic (exact) mass is 231 g/mol. The van der Waals surface area contributed by atoms with Gasteiger partial charge in [0.25, 0.3) is 0 Å². The Morgan fingerprint density at radius 1 is 1.38 bits per heavy atom. The van der Waals surface area contributed by atoms with Crippen molar-refractivity contribution in [1.29, 1.82) is 0 Å². The van der Waals surface area contributed by atoms with Gasteiger partial charge in [-0.25, -0.2) is 0 Å². The summed E-state index contributed by atoms with van der Waals surface area (Å²) >= 11 is 0. The van der Waals surface area contributed by atoms with Gasteiger partial charge in [-0.2, -0.15) is 0 Å². The van der Waals surface area contributed by atoms with Crippen molar-refractivity contribution in [3.8, 4) is 0 Å². The van der Waals surface area contributed by atoms with Crippen LogP contribution in [0.2, 0.25) is 0 Å². The maximum atomic E-state index is 10.8. The first-order valence-electron chi connectivity index (χ1n) is 5.89. The second-order valence-electron chi connectivity index (χ2n) is 4.59. The predicted octanol–water partition coefficient (Wildman–Crippen LogP) is 1.70. The van der Waals surface area contributed by atoms with E-state index < -0.39 is 5.97 Å². The first-order valence-corrected chi connectivity index (χ1v) is 5.89. The molecule has 0 aromatic rings. The number of rotatable bonds is 8. The molecule has 0 rings (SSSR count). The zero-order valence-electron chi connectivity index (χ0n) is 11.1. The van der Waals surface area contributed by atoms with Gasteiger partial charge in [0.05, 0.1) is 12.5 Å². The number of likely N-dealkylation sites (N-methyl/N-ethyl adjacent to an activating group) is 1. The predicted molar refractivity (Wildman–Crippen MR) is 64.5 cm³/mol. The number of aliphatic carboxylic acids is 1. The SMILES string of the molecule is CCN(CC(C)C(=O)O)C(COC)C(C)C.